The van der Waals surface area contributed by atoms with Gasteiger partial charge in [-0.15, -0.1) is 0 Å². The van der Waals surface area contributed by atoms with Crippen molar-refractivity contribution < 1.29 is 29.1 Å². The standard InChI is InChI=1S/C20H19N3O7/c1-12-17(19(25)30-10-9-29-14-5-3-2-4-6-14)18(22-20(26)21-12)13-7-8-16(24)15(11-13)23(27)28/h2-8,11,17-18,24H,1,9-10H2,(H2,21,22,26)/t17-,18+/m1/s1. The van der Waals surface area contributed by atoms with Crippen molar-refractivity contribution in [1.29, 1.82) is 0 Å². The van der Waals surface area contributed by atoms with Crippen LogP contribution in [0.5, 0.6) is 11.5 Å². The third kappa shape index (κ3) is 4.66. The predicted octanol–water partition coefficient (Wildman–Crippen LogP) is 2.41. The van der Waals surface area contributed by atoms with E-state index in [0.717, 1.165) is 12.1 Å². The number of nitro benzene ring substituents is 1. The van der Waals surface area contributed by atoms with Crippen molar-refractivity contribution in [2.45, 2.75) is 6.04 Å². The number of carbonyl (C=O) groups excluding carboxylic acids is 2. The Balaban J connectivity index is 1.72. The van der Waals surface area contributed by atoms with E-state index in [1.807, 2.05) is 18.2 Å². The van der Waals surface area contributed by atoms with E-state index in [1.54, 1.807) is 12.1 Å². The van der Waals surface area contributed by atoms with Gasteiger partial charge in [-0.25, -0.2) is 4.79 Å². The van der Waals surface area contributed by atoms with Crippen molar-refractivity contribution in [2.75, 3.05) is 13.2 Å². The number of hydrogen-bond donors (Lipinski definition) is 3. The van der Waals surface area contributed by atoms with E-state index in [-0.39, 0.29) is 24.5 Å². The number of esters is 1. The van der Waals surface area contributed by atoms with Crippen LogP contribution in [0.4, 0.5) is 10.5 Å². The van der Waals surface area contributed by atoms with Gasteiger partial charge in [0, 0.05) is 11.8 Å². The molecule has 0 radical (unpaired) electrons. The number of ether oxygens (including phenoxy) is 2. The lowest BCUT2D eigenvalue weighted by Gasteiger charge is -2.33. The van der Waals surface area contributed by atoms with Crippen LogP contribution in [-0.4, -0.2) is 35.2 Å². The molecule has 1 saturated heterocycles. The number of amides is 2. The summed E-state index contributed by atoms with van der Waals surface area (Å²) in [5, 5.41) is 25.7. The van der Waals surface area contributed by atoms with E-state index < -0.39 is 40.3 Å². The smallest absolute Gasteiger partial charge is 0.319 e. The fourth-order valence-corrected chi connectivity index (χ4v) is 3.03. The summed E-state index contributed by atoms with van der Waals surface area (Å²) in [6.07, 6.45) is 0. The fraction of sp³-hybridized carbons (Fsp3) is 0.200. The van der Waals surface area contributed by atoms with E-state index in [9.17, 15) is 24.8 Å². The van der Waals surface area contributed by atoms with Crippen LogP contribution in [0.25, 0.3) is 0 Å². The van der Waals surface area contributed by atoms with Crippen molar-refractivity contribution in [1.82, 2.24) is 10.6 Å². The lowest BCUT2D eigenvalue weighted by Crippen LogP contribution is -2.51. The number of rotatable bonds is 7. The molecule has 3 rings (SSSR count). The molecule has 2 aromatic rings. The molecule has 2 atom stereocenters. The van der Waals surface area contributed by atoms with Gasteiger partial charge in [0.25, 0.3) is 0 Å². The highest BCUT2D eigenvalue weighted by Crippen LogP contribution is 2.35. The normalized spacial score (nSPS) is 18.1. The average molecular weight is 413 g/mol. The number of phenolic OH excluding ortho intramolecular Hbond substituents is 1. The summed E-state index contributed by atoms with van der Waals surface area (Å²) in [6, 6.07) is 11.0. The van der Waals surface area contributed by atoms with Crippen molar-refractivity contribution in [3.63, 3.8) is 0 Å². The quantitative estimate of drug-likeness (QED) is 0.274. The van der Waals surface area contributed by atoms with E-state index in [1.165, 1.54) is 6.07 Å². The predicted molar refractivity (Wildman–Crippen MR) is 105 cm³/mol. The van der Waals surface area contributed by atoms with Crippen molar-refractivity contribution >= 4 is 17.7 Å². The van der Waals surface area contributed by atoms with Gasteiger partial charge in [-0.1, -0.05) is 30.8 Å². The first kappa shape index (κ1) is 20.6. The fourth-order valence-electron chi connectivity index (χ4n) is 3.03. The number of benzene rings is 2. The molecule has 10 nitrogen and oxygen atoms in total. The minimum absolute atomic E-state index is 0.0477. The molecule has 0 bridgehead atoms. The van der Waals surface area contributed by atoms with E-state index in [4.69, 9.17) is 9.47 Å². The van der Waals surface area contributed by atoms with Gasteiger partial charge < -0.3 is 25.2 Å². The Morgan fingerprint density at radius 1 is 1.20 bits per heavy atom. The van der Waals surface area contributed by atoms with Gasteiger partial charge in [-0.05, 0) is 23.8 Å². The van der Waals surface area contributed by atoms with Crippen molar-refractivity contribution in [3.05, 3.63) is 76.5 Å². The van der Waals surface area contributed by atoms with Gasteiger partial charge in [-0.2, -0.15) is 0 Å². The van der Waals surface area contributed by atoms with Gasteiger partial charge in [0.15, 0.2) is 5.75 Å². The van der Waals surface area contributed by atoms with Gasteiger partial charge in [0.05, 0.1) is 11.0 Å². The molecule has 0 aliphatic carbocycles. The second-order valence-corrected chi connectivity index (χ2v) is 6.41. The summed E-state index contributed by atoms with van der Waals surface area (Å²) in [5.41, 5.74) is -0.208. The number of nitro groups is 1. The van der Waals surface area contributed by atoms with Crippen LogP contribution >= 0.6 is 0 Å². The molecular formula is C20H19N3O7. The van der Waals surface area contributed by atoms with Crippen LogP contribution in [0.2, 0.25) is 0 Å². The lowest BCUT2D eigenvalue weighted by molar-refractivity contribution is -0.385. The summed E-state index contributed by atoms with van der Waals surface area (Å²) in [5.74, 6) is -1.63. The topological polar surface area (TPSA) is 140 Å². The Kier molecular flexibility index (Phi) is 6.16. The van der Waals surface area contributed by atoms with E-state index in [0.29, 0.717) is 5.75 Å². The molecule has 0 unspecified atom stereocenters. The number of para-hydroxylation sites is 1. The molecule has 2 amide bonds. The molecule has 1 heterocycles. The maximum atomic E-state index is 12.7. The average Bonchev–Trinajstić information content (AvgIpc) is 2.71. The van der Waals surface area contributed by atoms with Crippen LogP contribution in [0, 0.1) is 16.0 Å². The second-order valence-electron chi connectivity index (χ2n) is 6.41. The third-order valence-corrected chi connectivity index (χ3v) is 4.42. The first-order valence-corrected chi connectivity index (χ1v) is 8.95. The summed E-state index contributed by atoms with van der Waals surface area (Å²) < 4.78 is 10.7. The van der Waals surface area contributed by atoms with Crippen LogP contribution < -0.4 is 15.4 Å². The summed E-state index contributed by atoms with van der Waals surface area (Å²) in [7, 11) is 0. The van der Waals surface area contributed by atoms with Crippen molar-refractivity contribution in [3.8, 4) is 11.5 Å². The Hall–Kier alpha value is -4.08. The zero-order valence-electron chi connectivity index (χ0n) is 15.7. The molecule has 156 valence electrons. The zero-order valence-corrected chi connectivity index (χ0v) is 15.7. The van der Waals surface area contributed by atoms with Crippen LogP contribution in [0.3, 0.4) is 0 Å². The minimum Gasteiger partial charge on any atom is -0.502 e. The number of phenols is 1. The van der Waals surface area contributed by atoms with Gasteiger partial charge in [-0.3, -0.25) is 14.9 Å². The highest BCUT2D eigenvalue weighted by molar-refractivity contribution is 5.85. The minimum atomic E-state index is -1.04. The SMILES string of the molecule is C=C1NC(=O)N[C@@H](c2ccc(O)c([N+](=O)[O-])c2)[C@@H]1C(=O)OCCOc1ccccc1. The molecule has 1 fully saturated rings. The molecule has 1 aliphatic heterocycles. The summed E-state index contributed by atoms with van der Waals surface area (Å²) in [6.45, 7) is 3.77. The van der Waals surface area contributed by atoms with E-state index >= 15 is 0 Å². The lowest BCUT2D eigenvalue weighted by atomic mass is 9.88. The second kappa shape index (κ2) is 8.95. The Morgan fingerprint density at radius 2 is 1.93 bits per heavy atom. The third-order valence-electron chi connectivity index (χ3n) is 4.42. The number of carbonyl (C=O) groups is 2. The molecule has 2 aromatic carbocycles. The number of hydrogen-bond acceptors (Lipinski definition) is 7. The first-order chi connectivity index (χ1) is 14.4. The monoisotopic (exact) mass is 413 g/mol. The summed E-state index contributed by atoms with van der Waals surface area (Å²) in [4.78, 5) is 34.9. The number of nitrogens with zero attached hydrogens (tertiary/aromatic N) is 1. The van der Waals surface area contributed by atoms with E-state index in [2.05, 4.69) is 17.2 Å². The number of urea groups is 1. The Bertz CT molecular complexity index is 978. The van der Waals surface area contributed by atoms with Crippen LogP contribution in [0.15, 0.2) is 60.8 Å². The zero-order chi connectivity index (χ0) is 21.7. The van der Waals surface area contributed by atoms with Gasteiger partial charge in [0.1, 0.15) is 24.9 Å². The molecular weight excluding hydrogens is 394 g/mol. The van der Waals surface area contributed by atoms with Gasteiger partial charge >= 0.3 is 17.7 Å². The van der Waals surface area contributed by atoms with Gasteiger partial charge in [0.2, 0.25) is 0 Å². The molecule has 0 aromatic heterocycles. The van der Waals surface area contributed by atoms with Crippen molar-refractivity contribution in [2.24, 2.45) is 5.92 Å². The molecule has 10 heteroatoms. The number of nitrogens with one attached hydrogen (secondary N) is 2. The molecule has 0 spiro atoms. The molecule has 30 heavy (non-hydrogen) atoms. The highest BCUT2D eigenvalue weighted by Gasteiger charge is 2.39. The summed E-state index contributed by atoms with van der Waals surface area (Å²) >= 11 is 0. The molecule has 3 N–H and O–H groups in total. The maximum Gasteiger partial charge on any atom is 0.319 e. The molecule has 0 saturated carbocycles. The first-order valence-electron chi connectivity index (χ1n) is 8.95. The maximum absolute atomic E-state index is 12.7. The van der Waals surface area contributed by atoms with Crippen LogP contribution in [-0.2, 0) is 9.53 Å². The molecule has 1 aliphatic rings. The highest BCUT2D eigenvalue weighted by atomic mass is 16.6. The van der Waals surface area contributed by atoms with Crippen LogP contribution in [0.1, 0.15) is 11.6 Å². The number of aromatic hydroxyl groups is 1. The Morgan fingerprint density at radius 3 is 2.63 bits per heavy atom. The largest absolute Gasteiger partial charge is 0.502 e. The Labute approximate surface area is 171 Å².